The molecule has 2 amide bonds. The van der Waals surface area contributed by atoms with E-state index in [-0.39, 0.29) is 24.4 Å². The number of benzene rings is 2. The molecule has 3 N–H and O–H groups in total. The summed E-state index contributed by atoms with van der Waals surface area (Å²) >= 11 is 1.40. The molecule has 0 saturated heterocycles. The highest BCUT2D eigenvalue weighted by molar-refractivity contribution is 7.15. The molecule has 0 saturated carbocycles. The summed E-state index contributed by atoms with van der Waals surface area (Å²) in [6.07, 6.45) is 9.50. The molecule has 39 heavy (non-hydrogen) atoms. The minimum atomic E-state index is -0.257. The number of hydrazone groups is 1. The van der Waals surface area contributed by atoms with Crippen LogP contribution in [-0.2, 0) is 28.9 Å². The van der Waals surface area contributed by atoms with Gasteiger partial charge in [0.25, 0.3) is 0 Å². The Balaban J connectivity index is 1.02. The first-order valence-corrected chi connectivity index (χ1v) is 13.7. The molecule has 1 aliphatic heterocycles. The Morgan fingerprint density at radius 2 is 1.85 bits per heavy atom. The van der Waals surface area contributed by atoms with Crippen molar-refractivity contribution in [3.8, 4) is 0 Å². The molecule has 0 fully saturated rings. The standard InChI is InChI=1S/C28H30N8O2S/c1-36-24(30-25(37)16-19-8-3-2-4-9-19)15-14-21(35-36)11-5-6-13-27-33-34-28(39-27)31-26(38)17-20-10-7-12-23-22(20)18-29-32-23/h2-4,7-10,12,14-15,18,24H,5-6,11,13,16-17H2,1H3,(H,29,32)(H,30,37)(H,31,34,38). The van der Waals surface area contributed by atoms with E-state index in [2.05, 4.69) is 36.1 Å². The van der Waals surface area contributed by atoms with Gasteiger partial charge in [-0.25, -0.2) is 0 Å². The van der Waals surface area contributed by atoms with Gasteiger partial charge in [0.2, 0.25) is 16.9 Å². The van der Waals surface area contributed by atoms with Crippen LogP contribution in [0.4, 0.5) is 5.13 Å². The first kappa shape index (κ1) is 26.2. The van der Waals surface area contributed by atoms with Crippen LogP contribution in [0.2, 0.25) is 0 Å². The fourth-order valence-electron chi connectivity index (χ4n) is 4.40. The van der Waals surface area contributed by atoms with E-state index in [1.54, 1.807) is 11.2 Å². The number of H-pyrrole nitrogens is 1. The molecule has 11 heteroatoms. The number of unbranched alkanes of at least 4 members (excludes halogenated alkanes) is 1. The number of carbonyl (C=O) groups excluding carboxylic acids is 2. The maximum absolute atomic E-state index is 12.5. The Morgan fingerprint density at radius 1 is 1.00 bits per heavy atom. The van der Waals surface area contributed by atoms with Crippen molar-refractivity contribution in [2.45, 2.75) is 44.7 Å². The Morgan fingerprint density at radius 3 is 2.69 bits per heavy atom. The molecule has 200 valence electrons. The highest BCUT2D eigenvalue weighted by atomic mass is 32.1. The number of anilines is 1. The van der Waals surface area contributed by atoms with Gasteiger partial charge in [0.15, 0.2) is 0 Å². The Labute approximate surface area is 230 Å². The lowest BCUT2D eigenvalue weighted by molar-refractivity contribution is -0.121. The zero-order chi connectivity index (χ0) is 27.0. The number of aryl methyl sites for hydroxylation is 1. The minimum Gasteiger partial charge on any atom is -0.331 e. The number of allylic oxidation sites excluding steroid dienone is 1. The van der Waals surface area contributed by atoms with Crippen molar-refractivity contribution in [2.24, 2.45) is 5.10 Å². The number of likely N-dealkylation sites (N-methyl/N-ethyl adjacent to an activating group) is 1. The van der Waals surface area contributed by atoms with E-state index in [0.717, 1.165) is 58.4 Å². The van der Waals surface area contributed by atoms with Crippen molar-refractivity contribution in [1.82, 2.24) is 30.7 Å². The molecule has 4 aromatic rings. The Kier molecular flexibility index (Phi) is 8.37. The van der Waals surface area contributed by atoms with Crippen molar-refractivity contribution in [3.05, 3.63) is 83.0 Å². The summed E-state index contributed by atoms with van der Waals surface area (Å²) in [7, 11) is 1.86. The van der Waals surface area contributed by atoms with Crippen LogP contribution >= 0.6 is 11.3 Å². The fourth-order valence-corrected chi connectivity index (χ4v) is 5.20. The van der Waals surface area contributed by atoms with Crippen molar-refractivity contribution >= 4 is 44.9 Å². The Hall–Kier alpha value is -4.38. The zero-order valence-electron chi connectivity index (χ0n) is 21.6. The van der Waals surface area contributed by atoms with Gasteiger partial charge in [0.05, 0.1) is 30.3 Å². The molecular weight excluding hydrogens is 512 g/mol. The third-order valence-corrected chi connectivity index (χ3v) is 7.29. The summed E-state index contributed by atoms with van der Waals surface area (Å²) in [6.45, 7) is 0. The fraction of sp³-hybridized carbons (Fsp3) is 0.286. The van der Waals surface area contributed by atoms with Crippen molar-refractivity contribution < 1.29 is 9.59 Å². The van der Waals surface area contributed by atoms with E-state index < -0.39 is 0 Å². The molecule has 2 aromatic heterocycles. The number of aromatic amines is 1. The number of nitrogens with zero attached hydrogens (tertiary/aromatic N) is 5. The summed E-state index contributed by atoms with van der Waals surface area (Å²) in [5.41, 5.74) is 3.78. The lowest BCUT2D eigenvalue weighted by atomic mass is 10.1. The largest absolute Gasteiger partial charge is 0.331 e. The van der Waals surface area contributed by atoms with Crippen LogP contribution in [-0.4, -0.2) is 56.1 Å². The third kappa shape index (κ3) is 7.14. The Bertz CT molecular complexity index is 1490. The van der Waals surface area contributed by atoms with Crippen molar-refractivity contribution in [2.75, 3.05) is 12.4 Å². The van der Waals surface area contributed by atoms with E-state index in [4.69, 9.17) is 0 Å². The van der Waals surface area contributed by atoms with Gasteiger partial charge < -0.3 is 10.6 Å². The van der Waals surface area contributed by atoms with Crippen molar-refractivity contribution in [3.63, 3.8) is 0 Å². The normalized spacial score (nSPS) is 14.8. The third-order valence-electron chi connectivity index (χ3n) is 6.39. The second kappa shape index (κ2) is 12.4. The zero-order valence-corrected chi connectivity index (χ0v) is 22.4. The molecule has 2 aromatic carbocycles. The van der Waals surface area contributed by atoms with Crippen LogP contribution in [0.3, 0.4) is 0 Å². The van der Waals surface area contributed by atoms with Crippen LogP contribution in [0.5, 0.6) is 0 Å². The maximum atomic E-state index is 12.5. The topological polar surface area (TPSA) is 128 Å². The van der Waals surface area contributed by atoms with Gasteiger partial charge in [0, 0.05) is 18.9 Å². The number of nitrogens with one attached hydrogen (secondary N) is 3. The summed E-state index contributed by atoms with van der Waals surface area (Å²) in [5, 5.41) is 29.9. The van der Waals surface area contributed by atoms with Crippen LogP contribution in [0.15, 0.2) is 72.0 Å². The summed E-state index contributed by atoms with van der Waals surface area (Å²) < 4.78 is 0. The molecular formula is C28H30N8O2S. The molecule has 3 heterocycles. The van der Waals surface area contributed by atoms with E-state index in [1.807, 2.05) is 67.7 Å². The number of amides is 2. The smallest absolute Gasteiger partial charge is 0.230 e. The number of aromatic nitrogens is 4. The molecule has 0 bridgehead atoms. The number of hydrogen-bond acceptors (Lipinski definition) is 8. The SMILES string of the molecule is CN1N=C(CCCCc2nnc(NC(=O)Cc3cccc4[nH]ncc34)s2)C=CC1NC(=O)Cc1ccccc1. The number of carbonyl (C=O) groups is 2. The second-order valence-electron chi connectivity index (χ2n) is 9.38. The summed E-state index contributed by atoms with van der Waals surface area (Å²) in [6, 6.07) is 15.4. The van der Waals surface area contributed by atoms with E-state index in [0.29, 0.717) is 11.6 Å². The first-order chi connectivity index (χ1) is 19.0. The van der Waals surface area contributed by atoms with Crippen molar-refractivity contribution in [1.29, 1.82) is 0 Å². The molecule has 0 radical (unpaired) electrons. The molecule has 1 unspecified atom stereocenters. The predicted octanol–water partition coefficient (Wildman–Crippen LogP) is 3.85. The highest BCUT2D eigenvalue weighted by Crippen LogP contribution is 2.20. The minimum absolute atomic E-state index is 0.0377. The molecule has 0 aliphatic carbocycles. The average molecular weight is 543 g/mol. The lowest BCUT2D eigenvalue weighted by Gasteiger charge is -2.27. The summed E-state index contributed by atoms with van der Waals surface area (Å²) in [4.78, 5) is 24.9. The van der Waals surface area contributed by atoms with Gasteiger partial charge in [-0.3, -0.25) is 19.7 Å². The van der Waals surface area contributed by atoms with Gasteiger partial charge >= 0.3 is 0 Å². The first-order valence-electron chi connectivity index (χ1n) is 12.9. The van der Waals surface area contributed by atoms with Crippen LogP contribution < -0.4 is 10.6 Å². The van der Waals surface area contributed by atoms with Gasteiger partial charge in [-0.2, -0.15) is 10.2 Å². The predicted molar refractivity (Wildman–Crippen MR) is 152 cm³/mol. The monoisotopic (exact) mass is 542 g/mol. The molecule has 0 spiro atoms. The number of fused-ring (bicyclic) bond motifs is 1. The van der Waals surface area contributed by atoms with E-state index >= 15 is 0 Å². The van der Waals surface area contributed by atoms with Gasteiger partial charge in [-0.05, 0) is 48.6 Å². The molecule has 1 aliphatic rings. The number of rotatable bonds is 11. The van der Waals surface area contributed by atoms with Crippen LogP contribution in [0, 0.1) is 0 Å². The number of hydrogen-bond donors (Lipinski definition) is 3. The molecule has 1 atom stereocenters. The van der Waals surface area contributed by atoms with E-state index in [9.17, 15) is 9.59 Å². The van der Waals surface area contributed by atoms with Crippen LogP contribution in [0.1, 0.15) is 35.4 Å². The lowest BCUT2D eigenvalue weighted by Crippen LogP contribution is -2.45. The molecule has 10 nitrogen and oxygen atoms in total. The van der Waals surface area contributed by atoms with Gasteiger partial charge in [0.1, 0.15) is 11.2 Å². The van der Waals surface area contributed by atoms with Crippen LogP contribution in [0.25, 0.3) is 10.9 Å². The quantitative estimate of drug-likeness (QED) is 0.247. The van der Waals surface area contributed by atoms with Gasteiger partial charge in [-0.15, -0.1) is 10.2 Å². The highest BCUT2D eigenvalue weighted by Gasteiger charge is 2.18. The second-order valence-corrected chi connectivity index (χ2v) is 10.4. The average Bonchev–Trinajstić information content (AvgIpc) is 3.59. The molecule has 5 rings (SSSR count). The maximum Gasteiger partial charge on any atom is 0.230 e. The van der Waals surface area contributed by atoms with Gasteiger partial charge in [-0.1, -0.05) is 53.8 Å². The van der Waals surface area contributed by atoms with E-state index in [1.165, 1.54) is 11.3 Å². The summed E-state index contributed by atoms with van der Waals surface area (Å²) in [5.74, 6) is -0.170.